The lowest BCUT2D eigenvalue weighted by Gasteiger charge is -2.28. The van der Waals surface area contributed by atoms with Crippen molar-refractivity contribution in [3.05, 3.63) is 76.0 Å². The molecule has 3 heterocycles. The van der Waals surface area contributed by atoms with E-state index in [-0.39, 0.29) is 11.6 Å². The minimum atomic E-state index is -0.565. The molecule has 6 nitrogen and oxygen atoms in total. The van der Waals surface area contributed by atoms with Gasteiger partial charge in [-0.25, -0.2) is 4.79 Å². The maximum absolute atomic E-state index is 12.8. The predicted molar refractivity (Wildman–Crippen MR) is 87.4 cm³/mol. The summed E-state index contributed by atoms with van der Waals surface area (Å²) in [6.45, 7) is 1.14. The molecule has 0 unspecified atom stereocenters. The van der Waals surface area contributed by atoms with Crippen molar-refractivity contribution in [1.82, 2.24) is 14.9 Å². The fourth-order valence-corrected chi connectivity index (χ4v) is 2.96. The molecule has 3 aromatic rings. The van der Waals surface area contributed by atoms with Crippen LogP contribution in [0.4, 0.5) is 0 Å². The topological polar surface area (TPSA) is 79.2 Å². The van der Waals surface area contributed by atoms with E-state index in [1.54, 1.807) is 23.1 Å². The van der Waals surface area contributed by atoms with E-state index >= 15 is 0 Å². The predicted octanol–water partition coefficient (Wildman–Crippen LogP) is 2.23. The number of fused-ring (bicyclic) bond motifs is 1. The summed E-state index contributed by atoms with van der Waals surface area (Å²) in [5, 5.41) is 0. The molecule has 0 radical (unpaired) electrons. The average Bonchev–Trinajstić information content (AvgIpc) is 3.15. The third-order valence-electron chi connectivity index (χ3n) is 4.17. The third kappa shape index (κ3) is 2.62. The van der Waals surface area contributed by atoms with Gasteiger partial charge in [0.15, 0.2) is 0 Å². The molecule has 120 valence electrons. The van der Waals surface area contributed by atoms with Crippen LogP contribution in [-0.4, -0.2) is 27.3 Å². The van der Waals surface area contributed by atoms with Gasteiger partial charge >= 0.3 is 5.69 Å². The van der Waals surface area contributed by atoms with Crippen LogP contribution >= 0.6 is 0 Å². The third-order valence-corrected chi connectivity index (χ3v) is 4.17. The number of amides is 1. The van der Waals surface area contributed by atoms with E-state index in [9.17, 15) is 9.59 Å². The lowest BCUT2D eigenvalue weighted by molar-refractivity contribution is 0.0728. The molecule has 1 amide bonds. The van der Waals surface area contributed by atoms with Crippen molar-refractivity contribution in [1.29, 1.82) is 0 Å². The number of rotatable bonds is 2. The highest BCUT2D eigenvalue weighted by atomic mass is 16.3. The standard InChI is InChI=1S/C18H15N3O3/c22-17(21-8-7-12-4-1-2-5-13(12)11-21)15-10-14(19-18(23)20-15)16-6-3-9-24-16/h1-6,9-10H,7-8,11H2,(H,19,20,23). The maximum Gasteiger partial charge on any atom is 0.346 e. The van der Waals surface area contributed by atoms with Crippen molar-refractivity contribution >= 4 is 5.91 Å². The number of carbonyl (C=O) groups excluding carboxylic acids is 1. The zero-order chi connectivity index (χ0) is 16.5. The summed E-state index contributed by atoms with van der Waals surface area (Å²) in [7, 11) is 0. The maximum atomic E-state index is 12.8. The van der Waals surface area contributed by atoms with Crippen LogP contribution in [-0.2, 0) is 13.0 Å². The Hall–Kier alpha value is -3.15. The zero-order valence-corrected chi connectivity index (χ0v) is 12.9. The molecule has 1 aliphatic rings. The van der Waals surface area contributed by atoms with Gasteiger partial charge in [0.2, 0.25) is 0 Å². The zero-order valence-electron chi connectivity index (χ0n) is 12.9. The highest BCUT2D eigenvalue weighted by Gasteiger charge is 2.23. The monoisotopic (exact) mass is 321 g/mol. The second-order valence-corrected chi connectivity index (χ2v) is 5.71. The first-order valence-corrected chi connectivity index (χ1v) is 7.72. The van der Waals surface area contributed by atoms with E-state index in [0.717, 1.165) is 12.0 Å². The Bertz CT molecular complexity index is 944. The summed E-state index contributed by atoms with van der Waals surface area (Å²) in [6.07, 6.45) is 2.31. The molecule has 0 aliphatic carbocycles. The molecule has 4 rings (SSSR count). The summed E-state index contributed by atoms with van der Waals surface area (Å²) in [4.78, 5) is 32.7. The van der Waals surface area contributed by atoms with Crippen molar-refractivity contribution in [2.45, 2.75) is 13.0 Å². The van der Waals surface area contributed by atoms with Crippen molar-refractivity contribution in [2.75, 3.05) is 6.54 Å². The summed E-state index contributed by atoms with van der Waals surface area (Å²) in [6, 6.07) is 13.1. The van der Waals surface area contributed by atoms with E-state index in [4.69, 9.17) is 4.42 Å². The van der Waals surface area contributed by atoms with Gasteiger partial charge in [-0.05, 0) is 35.7 Å². The Morgan fingerprint density at radius 2 is 2.00 bits per heavy atom. The molecule has 0 saturated carbocycles. The number of furan rings is 1. The van der Waals surface area contributed by atoms with Gasteiger partial charge in [-0.2, -0.15) is 4.98 Å². The van der Waals surface area contributed by atoms with Crippen LogP contribution in [0.15, 0.2) is 57.9 Å². The lowest BCUT2D eigenvalue weighted by atomic mass is 10.00. The smallest absolute Gasteiger partial charge is 0.346 e. The Morgan fingerprint density at radius 3 is 2.79 bits per heavy atom. The van der Waals surface area contributed by atoms with Gasteiger partial charge in [0.1, 0.15) is 11.5 Å². The number of nitrogens with zero attached hydrogens (tertiary/aromatic N) is 2. The molecule has 0 bridgehead atoms. The highest BCUT2D eigenvalue weighted by Crippen LogP contribution is 2.21. The Morgan fingerprint density at radius 1 is 1.17 bits per heavy atom. The van der Waals surface area contributed by atoms with E-state index < -0.39 is 5.69 Å². The highest BCUT2D eigenvalue weighted by molar-refractivity contribution is 5.93. The van der Waals surface area contributed by atoms with Gasteiger partial charge < -0.3 is 14.3 Å². The molecule has 6 heteroatoms. The van der Waals surface area contributed by atoms with E-state index in [2.05, 4.69) is 16.0 Å². The van der Waals surface area contributed by atoms with E-state index in [1.807, 2.05) is 18.2 Å². The normalized spacial score (nSPS) is 13.6. The first-order chi connectivity index (χ1) is 11.7. The second-order valence-electron chi connectivity index (χ2n) is 5.71. The SMILES string of the molecule is O=C(c1cc(-c2ccco2)[nH]c(=O)n1)N1CCc2ccccc2C1. The molecule has 1 aromatic carbocycles. The molecule has 0 spiro atoms. The summed E-state index contributed by atoms with van der Waals surface area (Å²) >= 11 is 0. The van der Waals surface area contributed by atoms with Gasteiger partial charge in [0.05, 0.1) is 12.0 Å². The van der Waals surface area contributed by atoms with Gasteiger partial charge in [-0.15, -0.1) is 0 Å². The quantitative estimate of drug-likeness (QED) is 0.785. The summed E-state index contributed by atoms with van der Waals surface area (Å²) in [5.74, 6) is 0.246. The first-order valence-electron chi connectivity index (χ1n) is 7.72. The Kier molecular flexibility index (Phi) is 3.49. The van der Waals surface area contributed by atoms with Crippen LogP contribution in [0.5, 0.6) is 0 Å². The minimum absolute atomic E-state index is 0.129. The van der Waals surface area contributed by atoms with Crippen molar-refractivity contribution < 1.29 is 9.21 Å². The van der Waals surface area contributed by atoms with Gasteiger partial charge in [0.25, 0.3) is 5.91 Å². The number of benzene rings is 1. The van der Waals surface area contributed by atoms with Crippen LogP contribution in [0.25, 0.3) is 11.5 Å². The van der Waals surface area contributed by atoms with E-state index in [1.165, 1.54) is 11.8 Å². The fraction of sp³-hybridized carbons (Fsp3) is 0.167. The van der Waals surface area contributed by atoms with Crippen molar-refractivity contribution in [3.8, 4) is 11.5 Å². The number of hydrogen-bond donors (Lipinski definition) is 1. The lowest BCUT2D eigenvalue weighted by Crippen LogP contribution is -2.37. The van der Waals surface area contributed by atoms with Crippen molar-refractivity contribution in [3.63, 3.8) is 0 Å². The van der Waals surface area contributed by atoms with Crippen LogP contribution in [0, 0.1) is 0 Å². The number of nitrogens with one attached hydrogen (secondary N) is 1. The molecule has 1 N–H and O–H groups in total. The largest absolute Gasteiger partial charge is 0.463 e. The average molecular weight is 321 g/mol. The number of carbonyl (C=O) groups is 1. The molecule has 24 heavy (non-hydrogen) atoms. The Labute approximate surface area is 137 Å². The second kappa shape index (κ2) is 5.81. The van der Waals surface area contributed by atoms with Crippen LogP contribution in [0.2, 0.25) is 0 Å². The van der Waals surface area contributed by atoms with Crippen LogP contribution in [0.1, 0.15) is 21.6 Å². The number of hydrogen-bond acceptors (Lipinski definition) is 4. The molecule has 0 atom stereocenters. The minimum Gasteiger partial charge on any atom is -0.463 e. The molecule has 2 aromatic heterocycles. The van der Waals surface area contributed by atoms with E-state index in [0.29, 0.717) is 24.5 Å². The summed E-state index contributed by atoms with van der Waals surface area (Å²) < 4.78 is 5.28. The number of H-pyrrole nitrogens is 1. The summed E-state index contributed by atoms with van der Waals surface area (Å²) in [5.41, 5.74) is 2.40. The number of aromatic amines is 1. The molecular weight excluding hydrogens is 306 g/mol. The molecule has 0 saturated heterocycles. The molecular formula is C18H15N3O3. The van der Waals surface area contributed by atoms with Gasteiger partial charge in [0, 0.05) is 13.1 Å². The molecule has 1 aliphatic heterocycles. The van der Waals surface area contributed by atoms with Crippen LogP contribution in [0.3, 0.4) is 0 Å². The van der Waals surface area contributed by atoms with Crippen LogP contribution < -0.4 is 5.69 Å². The number of aromatic nitrogens is 2. The van der Waals surface area contributed by atoms with Gasteiger partial charge in [-0.3, -0.25) is 4.79 Å². The first kappa shape index (κ1) is 14.4. The van der Waals surface area contributed by atoms with Crippen molar-refractivity contribution in [2.24, 2.45) is 0 Å². The Balaban J connectivity index is 1.65. The molecule has 0 fully saturated rings. The van der Waals surface area contributed by atoms with Gasteiger partial charge in [-0.1, -0.05) is 24.3 Å². The fourth-order valence-electron chi connectivity index (χ4n) is 2.96.